The first-order chi connectivity index (χ1) is 9.05. The van der Waals surface area contributed by atoms with Gasteiger partial charge in [-0.2, -0.15) is 4.31 Å². The van der Waals surface area contributed by atoms with Gasteiger partial charge in [0.1, 0.15) is 10.6 Å². The van der Waals surface area contributed by atoms with Crippen molar-refractivity contribution in [1.82, 2.24) is 4.31 Å². The minimum absolute atomic E-state index is 0.0411. The molecule has 19 heavy (non-hydrogen) atoms. The summed E-state index contributed by atoms with van der Waals surface area (Å²) in [6.45, 7) is 3.18. The van der Waals surface area contributed by atoms with E-state index < -0.39 is 10.0 Å². The maximum Gasteiger partial charge on any atom is 0.246 e. The van der Waals surface area contributed by atoms with Gasteiger partial charge >= 0.3 is 0 Å². The first-order valence-corrected chi connectivity index (χ1v) is 7.89. The van der Waals surface area contributed by atoms with Gasteiger partial charge in [-0.3, -0.25) is 0 Å². The maximum absolute atomic E-state index is 12.5. The predicted molar refractivity (Wildman–Crippen MR) is 71.5 cm³/mol. The van der Waals surface area contributed by atoms with E-state index in [1.54, 1.807) is 19.1 Å². The van der Waals surface area contributed by atoms with E-state index in [4.69, 9.17) is 4.74 Å². The van der Waals surface area contributed by atoms with Gasteiger partial charge in [0.25, 0.3) is 0 Å². The molecule has 1 aliphatic heterocycles. The van der Waals surface area contributed by atoms with Crippen LogP contribution in [0.4, 0.5) is 0 Å². The molecule has 0 spiro atoms. The molecule has 5 nitrogen and oxygen atoms in total. The highest BCUT2D eigenvalue weighted by Gasteiger charge is 2.29. The molecule has 1 fully saturated rings. The average Bonchev–Trinajstić information content (AvgIpc) is 2.89. The summed E-state index contributed by atoms with van der Waals surface area (Å²) in [6.07, 6.45) is 1.81. The largest absolute Gasteiger partial charge is 0.507 e. The summed E-state index contributed by atoms with van der Waals surface area (Å²) in [5.41, 5.74) is 0. The van der Waals surface area contributed by atoms with Gasteiger partial charge in [-0.05, 0) is 25.0 Å². The van der Waals surface area contributed by atoms with Crippen LogP contribution < -0.4 is 0 Å². The van der Waals surface area contributed by atoms with Crippen molar-refractivity contribution in [1.29, 1.82) is 0 Å². The Morgan fingerprint density at radius 2 is 2.16 bits per heavy atom. The monoisotopic (exact) mass is 285 g/mol. The first kappa shape index (κ1) is 14.3. The van der Waals surface area contributed by atoms with Crippen LogP contribution in [0.5, 0.6) is 5.75 Å². The molecule has 1 unspecified atom stereocenters. The molecule has 1 atom stereocenters. The lowest BCUT2D eigenvalue weighted by atomic mass is 10.2. The minimum atomic E-state index is -3.67. The summed E-state index contributed by atoms with van der Waals surface area (Å²) in [4.78, 5) is -0.0464. The standard InChI is InChI=1S/C13H19NO4S/c1-2-14(10-11-6-5-9-18-11)19(16,17)13-8-4-3-7-12(13)15/h3-4,7-8,11,15H,2,5-6,9-10H2,1H3. The highest BCUT2D eigenvalue weighted by molar-refractivity contribution is 7.89. The Morgan fingerprint density at radius 3 is 2.74 bits per heavy atom. The lowest BCUT2D eigenvalue weighted by Crippen LogP contribution is -2.37. The molecule has 1 aromatic rings. The number of phenolic OH excluding ortho intramolecular Hbond substituents is 1. The Morgan fingerprint density at radius 1 is 1.42 bits per heavy atom. The maximum atomic E-state index is 12.5. The SMILES string of the molecule is CCN(CC1CCCO1)S(=O)(=O)c1ccccc1O. The second-order valence-electron chi connectivity index (χ2n) is 4.56. The highest BCUT2D eigenvalue weighted by Crippen LogP contribution is 2.26. The van der Waals surface area contributed by atoms with Gasteiger partial charge < -0.3 is 9.84 Å². The molecule has 2 rings (SSSR count). The zero-order valence-corrected chi connectivity index (χ0v) is 11.8. The molecular weight excluding hydrogens is 266 g/mol. The molecule has 1 N–H and O–H groups in total. The number of benzene rings is 1. The summed E-state index contributed by atoms with van der Waals surface area (Å²) in [6, 6.07) is 6.01. The van der Waals surface area contributed by atoms with Gasteiger partial charge in [0, 0.05) is 19.7 Å². The zero-order chi connectivity index (χ0) is 13.9. The number of sulfonamides is 1. The van der Waals surface area contributed by atoms with Gasteiger partial charge in [-0.1, -0.05) is 19.1 Å². The van der Waals surface area contributed by atoms with Crippen molar-refractivity contribution in [2.75, 3.05) is 19.7 Å². The molecule has 0 bridgehead atoms. The van der Waals surface area contributed by atoms with Crippen molar-refractivity contribution in [3.8, 4) is 5.75 Å². The Labute approximate surface area is 113 Å². The third-order valence-electron chi connectivity index (χ3n) is 3.27. The molecule has 1 aliphatic rings. The quantitative estimate of drug-likeness (QED) is 0.892. The van der Waals surface area contributed by atoms with Crippen molar-refractivity contribution >= 4 is 10.0 Å². The molecule has 0 radical (unpaired) electrons. The second kappa shape index (κ2) is 5.90. The number of hydrogen-bond acceptors (Lipinski definition) is 4. The number of nitrogens with zero attached hydrogens (tertiary/aromatic N) is 1. The van der Waals surface area contributed by atoms with Crippen molar-refractivity contribution < 1.29 is 18.3 Å². The number of aromatic hydroxyl groups is 1. The fraction of sp³-hybridized carbons (Fsp3) is 0.538. The number of rotatable bonds is 5. The molecule has 0 amide bonds. The first-order valence-electron chi connectivity index (χ1n) is 6.45. The second-order valence-corrected chi connectivity index (χ2v) is 6.46. The zero-order valence-electron chi connectivity index (χ0n) is 10.9. The molecule has 106 valence electrons. The third-order valence-corrected chi connectivity index (χ3v) is 5.26. The van der Waals surface area contributed by atoms with Crippen LogP contribution in [-0.4, -0.2) is 43.6 Å². The van der Waals surface area contributed by atoms with Gasteiger partial charge in [-0.15, -0.1) is 0 Å². The number of phenols is 1. The molecule has 0 aliphatic carbocycles. The van der Waals surface area contributed by atoms with Crippen LogP contribution in [0.15, 0.2) is 29.2 Å². The van der Waals surface area contributed by atoms with Crippen LogP contribution in [0.2, 0.25) is 0 Å². The van der Waals surface area contributed by atoms with E-state index in [1.807, 2.05) is 0 Å². The number of hydrogen-bond donors (Lipinski definition) is 1. The number of likely N-dealkylation sites (N-methyl/N-ethyl adjacent to an activating group) is 1. The molecule has 1 heterocycles. The topological polar surface area (TPSA) is 66.8 Å². The molecular formula is C13H19NO4S. The molecule has 1 aromatic carbocycles. The summed E-state index contributed by atoms with van der Waals surface area (Å²) >= 11 is 0. The van der Waals surface area contributed by atoms with Crippen molar-refractivity contribution in [3.63, 3.8) is 0 Å². The fourth-order valence-corrected chi connectivity index (χ4v) is 3.79. The van der Waals surface area contributed by atoms with E-state index in [1.165, 1.54) is 16.4 Å². The fourth-order valence-electron chi connectivity index (χ4n) is 2.23. The van der Waals surface area contributed by atoms with Crippen LogP contribution in [-0.2, 0) is 14.8 Å². The van der Waals surface area contributed by atoms with Crippen LogP contribution in [0.1, 0.15) is 19.8 Å². The van der Waals surface area contributed by atoms with Gasteiger partial charge in [0.15, 0.2) is 0 Å². The third kappa shape index (κ3) is 3.08. The van der Waals surface area contributed by atoms with Crippen LogP contribution in [0, 0.1) is 0 Å². The molecule has 6 heteroatoms. The van der Waals surface area contributed by atoms with Gasteiger partial charge in [-0.25, -0.2) is 8.42 Å². The van der Waals surface area contributed by atoms with E-state index in [9.17, 15) is 13.5 Å². The van der Waals surface area contributed by atoms with E-state index in [0.717, 1.165) is 12.8 Å². The van der Waals surface area contributed by atoms with Crippen molar-refractivity contribution in [2.45, 2.75) is 30.8 Å². The number of ether oxygens (including phenoxy) is 1. The lowest BCUT2D eigenvalue weighted by molar-refractivity contribution is 0.0946. The Bertz CT molecular complexity index is 523. The predicted octanol–water partition coefficient (Wildman–Crippen LogP) is 1.58. The Kier molecular flexibility index (Phi) is 4.44. The average molecular weight is 285 g/mol. The lowest BCUT2D eigenvalue weighted by Gasteiger charge is -2.23. The van der Waals surface area contributed by atoms with Crippen LogP contribution in [0.25, 0.3) is 0 Å². The Hall–Kier alpha value is -1.11. The molecule has 0 saturated carbocycles. The minimum Gasteiger partial charge on any atom is -0.507 e. The van der Waals surface area contributed by atoms with Gasteiger partial charge in [0.05, 0.1) is 6.10 Å². The molecule has 0 aromatic heterocycles. The Balaban J connectivity index is 2.23. The van der Waals surface area contributed by atoms with Gasteiger partial charge in [0.2, 0.25) is 10.0 Å². The number of para-hydroxylation sites is 1. The summed E-state index contributed by atoms with van der Waals surface area (Å²) in [5.74, 6) is -0.215. The highest BCUT2D eigenvalue weighted by atomic mass is 32.2. The normalized spacial score (nSPS) is 20.0. The van der Waals surface area contributed by atoms with E-state index in [2.05, 4.69) is 0 Å². The summed E-state index contributed by atoms with van der Waals surface area (Å²) in [7, 11) is -3.67. The van der Waals surface area contributed by atoms with Crippen molar-refractivity contribution in [2.24, 2.45) is 0 Å². The van der Waals surface area contributed by atoms with E-state index in [-0.39, 0.29) is 16.7 Å². The summed E-state index contributed by atoms with van der Waals surface area (Å²) < 4.78 is 31.8. The summed E-state index contributed by atoms with van der Waals surface area (Å²) in [5, 5.41) is 9.71. The van der Waals surface area contributed by atoms with Crippen molar-refractivity contribution in [3.05, 3.63) is 24.3 Å². The van der Waals surface area contributed by atoms with Crippen LogP contribution >= 0.6 is 0 Å². The van der Waals surface area contributed by atoms with Crippen LogP contribution in [0.3, 0.4) is 0 Å². The van der Waals surface area contributed by atoms with E-state index >= 15 is 0 Å². The van der Waals surface area contributed by atoms with E-state index in [0.29, 0.717) is 19.7 Å². The smallest absolute Gasteiger partial charge is 0.246 e. The molecule has 1 saturated heterocycles.